The number of hydrogen-bond acceptors (Lipinski definition) is 2. The van der Waals surface area contributed by atoms with Gasteiger partial charge in [-0.15, -0.1) is 0 Å². The molecule has 0 spiro atoms. The Bertz CT molecular complexity index is 414. The topological polar surface area (TPSA) is 32.3 Å². The van der Waals surface area contributed by atoms with Gasteiger partial charge in [0.25, 0.3) is 0 Å². The third kappa shape index (κ3) is 2.96. The van der Waals surface area contributed by atoms with Gasteiger partial charge in [0.15, 0.2) is 0 Å². The molecule has 2 rings (SSSR count). The monoisotopic (exact) mass is 305 g/mol. The van der Waals surface area contributed by atoms with Gasteiger partial charge in [-0.25, -0.2) is 8.78 Å². The Labute approximate surface area is 107 Å². The zero-order chi connectivity index (χ0) is 12.4. The van der Waals surface area contributed by atoms with Gasteiger partial charge in [-0.2, -0.15) is 0 Å². The predicted octanol–water partition coefficient (Wildman–Crippen LogP) is 3.44. The van der Waals surface area contributed by atoms with E-state index in [4.69, 9.17) is 0 Å². The lowest BCUT2D eigenvalue weighted by Crippen LogP contribution is -2.36. The summed E-state index contributed by atoms with van der Waals surface area (Å²) in [5.74, 6) is -1.26. The van der Waals surface area contributed by atoms with Crippen LogP contribution in [0.3, 0.4) is 0 Å². The van der Waals surface area contributed by atoms with Crippen molar-refractivity contribution in [2.24, 2.45) is 0 Å². The van der Waals surface area contributed by atoms with E-state index in [-0.39, 0.29) is 16.2 Å². The highest BCUT2D eigenvalue weighted by molar-refractivity contribution is 9.10. The minimum atomic E-state index is -0.636. The summed E-state index contributed by atoms with van der Waals surface area (Å²) in [6, 6.07) is 2.05. The Balaban J connectivity index is 2.15. The predicted molar refractivity (Wildman–Crippen MR) is 65.9 cm³/mol. The standard InChI is InChI=1S/C12H14BrF2NO/c13-7-5-11(9(15)6-8(7)14)16-10-3-1-2-4-12(10)17/h5-6,10,12,16-17H,1-4H2. The molecule has 0 heterocycles. The quantitative estimate of drug-likeness (QED) is 0.820. The van der Waals surface area contributed by atoms with E-state index < -0.39 is 17.7 Å². The summed E-state index contributed by atoms with van der Waals surface area (Å²) in [5, 5.41) is 12.7. The minimum Gasteiger partial charge on any atom is -0.391 e. The van der Waals surface area contributed by atoms with Gasteiger partial charge in [-0.3, -0.25) is 0 Å². The first-order chi connectivity index (χ1) is 8.08. The second kappa shape index (κ2) is 5.31. The summed E-state index contributed by atoms with van der Waals surface area (Å²) in [5.41, 5.74) is 0.226. The van der Waals surface area contributed by atoms with Crippen molar-refractivity contribution in [3.05, 3.63) is 28.2 Å². The SMILES string of the molecule is OC1CCCCC1Nc1cc(Br)c(F)cc1F. The van der Waals surface area contributed by atoms with E-state index in [2.05, 4.69) is 21.2 Å². The molecule has 0 aliphatic heterocycles. The van der Waals surface area contributed by atoms with E-state index in [1.165, 1.54) is 6.07 Å². The van der Waals surface area contributed by atoms with Gasteiger partial charge in [-0.05, 0) is 34.8 Å². The number of hydrogen-bond donors (Lipinski definition) is 2. The molecule has 0 radical (unpaired) electrons. The molecule has 1 aliphatic carbocycles. The van der Waals surface area contributed by atoms with Crippen LogP contribution in [0.2, 0.25) is 0 Å². The summed E-state index contributed by atoms with van der Waals surface area (Å²) in [7, 11) is 0. The number of nitrogens with one attached hydrogen (secondary N) is 1. The van der Waals surface area contributed by atoms with Crippen LogP contribution < -0.4 is 5.32 Å². The van der Waals surface area contributed by atoms with Crippen LogP contribution in [0.15, 0.2) is 16.6 Å². The maximum absolute atomic E-state index is 13.5. The Hall–Kier alpha value is -0.680. The molecule has 17 heavy (non-hydrogen) atoms. The minimum absolute atomic E-state index is 0.157. The maximum atomic E-state index is 13.5. The molecule has 0 saturated heterocycles. The van der Waals surface area contributed by atoms with Crippen molar-refractivity contribution in [1.82, 2.24) is 0 Å². The summed E-state index contributed by atoms with van der Waals surface area (Å²) in [6.45, 7) is 0. The summed E-state index contributed by atoms with van der Waals surface area (Å²) < 4.78 is 26.8. The molecule has 2 atom stereocenters. The Morgan fingerprint density at radius 2 is 1.88 bits per heavy atom. The van der Waals surface area contributed by atoms with E-state index in [0.29, 0.717) is 0 Å². The number of rotatable bonds is 2. The van der Waals surface area contributed by atoms with Crippen LogP contribution in [0.5, 0.6) is 0 Å². The number of halogens is 3. The Morgan fingerprint density at radius 3 is 2.59 bits per heavy atom. The van der Waals surface area contributed by atoms with Gasteiger partial charge in [0.2, 0.25) is 0 Å². The Kier molecular flexibility index (Phi) is 3.99. The molecule has 94 valence electrons. The molecule has 1 aromatic rings. The van der Waals surface area contributed by atoms with Crippen LogP contribution in [-0.2, 0) is 0 Å². The molecule has 2 unspecified atom stereocenters. The van der Waals surface area contributed by atoms with E-state index in [1.807, 2.05) is 0 Å². The first-order valence-electron chi connectivity index (χ1n) is 5.67. The highest BCUT2D eigenvalue weighted by atomic mass is 79.9. The average molecular weight is 306 g/mol. The molecule has 2 nitrogen and oxygen atoms in total. The smallest absolute Gasteiger partial charge is 0.149 e. The third-order valence-electron chi connectivity index (χ3n) is 3.08. The van der Waals surface area contributed by atoms with Crippen molar-refractivity contribution in [3.63, 3.8) is 0 Å². The lowest BCUT2D eigenvalue weighted by Gasteiger charge is -2.29. The zero-order valence-electron chi connectivity index (χ0n) is 9.22. The highest BCUT2D eigenvalue weighted by Crippen LogP contribution is 2.27. The third-order valence-corrected chi connectivity index (χ3v) is 3.69. The van der Waals surface area contributed by atoms with E-state index in [0.717, 1.165) is 31.7 Å². The van der Waals surface area contributed by atoms with Gasteiger partial charge >= 0.3 is 0 Å². The largest absolute Gasteiger partial charge is 0.391 e. The molecule has 1 aliphatic rings. The number of anilines is 1. The lowest BCUT2D eigenvalue weighted by atomic mass is 9.92. The van der Waals surface area contributed by atoms with Crippen LogP contribution in [0, 0.1) is 11.6 Å². The zero-order valence-corrected chi connectivity index (χ0v) is 10.8. The van der Waals surface area contributed by atoms with Crippen LogP contribution >= 0.6 is 15.9 Å². The van der Waals surface area contributed by atoms with Crippen LogP contribution in [0.25, 0.3) is 0 Å². The molecule has 5 heteroatoms. The highest BCUT2D eigenvalue weighted by Gasteiger charge is 2.23. The fraction of sp³-hybridized carbons (Fsp3) is 0.500. The van der Waals surface area contributed by atoms with Gasteiger partial charge in [0.1, 0.15) is 11.6 Å². The van der Waals surface area contributed by atoms with Gasteiger partial charge < -0.3 is 10.4 Å². The van der Waals surface area contributed by atoms with Gasteiger partial charge in [0, 0.05) is 6.07 Å². The van der Waals surface area contributed by atoms with Crippen LogP contribution in [0.1, 0.15) is 25.7 Å². The normalized spacial score (nSPS) is 24.7. The first-order valence-corrected chi connectivity index (χ1v) is 6.46. The molecule has 1 saturated carbocycles. The van der Waals surface area contributed by atoms with E-state index in [9.17, 15) is 13.9 Å². The molecule has 0 bridgehead atoms. The van der Waals surface area contributed by atoms with E-state index in [1.54, 1.807) is 0 Å². The second-order valence-electron chi connectivity index (χ2n) is 4.35. The summed E-state index contributed by atoms with van der Waals surface area (Å²) in [4.78, 5) is 0. The second-order valence-corrected chi connectivity index (χ2v) is 5.20. The summed E-state index contributed by atoms with van der Waals surface area (Å²) >= 11 is 3.02. The Morgan fingerprint density at radius 1 is 1.18 bits per heavy atom. The molecule has 0 amide bonds. The first kappa shape index (κ1) is 12.8. The van der Waals surface area contributed by atoms with Gasteiger partial charge in [0.05, 0.1) is 22.3 Å². The van der Waals surface area contributed by atoms with Crippen molar-refractivity contribution in [1.29, 1.82) is 0 Å². The molecular weight excluding hydrogens is 292 g/mol. The van der Waals surface area contributed by atoms with Crippen molar-refractivity contribution in [2.75, 3.05) is 5.32 Å². The number of benzene rings is 1. The molecule has 0 aromatic heterocycles. The van der Waals surface area contributed by atoms with Crippen LogP contribution in [0.4, 0.5) is 14.5 Å². The fourth-order valence-electron chi connectivity index (χ4n) is 2.11. The van der Waals surface area contributed by atoms with Crippen molar-refractivity contribution in [3.8, 4) is 0 Å². The fourth-order valence-corrected chi connectivity index (χ4v) is 2.46. The molecular formula is C12H14BrF2NO. The van der Waals surface area contributed by atoms with Crippen molar-refractivity contribution < 1.29 is 13.9 Å². The molecule has 1 aromatic carbocycles. The maximum Gasteiger partial charge on any atom is 0.149 e. The molecule has 2 N–H and O–H groups in total. The average Bonchev–Trinajstić information content (AvgIpc) is 2.29. The summed E-state index contributed by atoms with van der Waals surface area (Å²) in [6.07, 6.45) is 3.07. The van der Waals surface area contributed by atoms with Gasteiger partial charge in [-0.1, -0.05) is 12.8 Å². The van der Waals surface area contributed by atoms with E-state index >= 15 is 0 Å². The van der Waals surface area contributed by atoms with Crippen LogP contribution in [-0.4, -0.2) is 17.3 Å². The molecule has 1 fully saturated rings. The van der Waals surface area contributed by atoms with Crippen molar-refractivity contribution >= 4 is 21.6 Å². The number of aliphatic hydroxyl groups excluding tert-OH is 1. The van der Waals surface area contributed by atoms with Crippen molar-refractivity contribution in [2.45, 2.75) is 37.8 Å². The lowest BCUT2D eigenvalue weighted by molar-refractivity contribution is 0.116. The number of aliphatic hydroxyl groups is 1.